The van der Waals surface area contributed by atoms with E-state index in [2.05, 4.69) is 14.9 Å². The zero-order valence-corrected chi connectivity index (χ0v) is 14.2. The fraction of sp³-hybridized carbons (Fsp3) is 0.200. The summed E-state index contributed by atoms with van der Waals surface area (Å²) in [6.07, 6.45) is 1.65. The Morgan fingerprint density at radius 2 is 1.96 bits per heavy atom. The molecule has 0 amide bonds. The van der Waals surface area contributed by atoms with Gasteiger partial charge in [0, 0.05) is 11.6 Å². The van der Waals surface area contributed by atoms with Crippen LogP contribution >= 0.6 is 11.3 Å². The normalized spacial score (nSPS) is 13.1. The van der Waals surface area contributed by atoms with Crippen molar-refractivity contribution in [2.24, 2.45) is 0 Å². The molecule has 6 nitrogen and oxygen atoms in total. The van der Waals surface area contributed by atoms with Crippen LogP contribution in [0.25, 0.3) is 0 Å². The van der Waals surface area contributed by atoms with Gasteiger partial charge in [-0.15, -0.1) is 11.3 Å². The number of nitrogens with one attached hydrogen (secondary N) is 1. The number of thiazole rings is 1. The molecule has 2 heterocycles. The highest BCUT2D eigenvalue weighted by atomic mass is 32.2. The number of rotatable bonds is 5. The molecule has 0 spiro atoms. The molecule has 3 aromatic rings. The van der Waals surface area contributed by atoms with Crippen molar-refractivity contribution in [3.05, 3.63) is 63.9 Å². The van der Waals surface area contributed by atoms with Gasteiger partial charge in [-0.1, -0.05) is 35.5 Å². The molecule has 1 N–H and O–H groups in total. The molecule has 1 unspecified atom stereocenters. The van der Waals surface area contributed by atoms with Gasteiger partial charge in [0.1, 0.15) is 15.6 Å². The second kappa shape index (κ2) is 6.23. The summed E-state index contributed by atoms with van der Waals surface area (Å²) in [5.41, 5.74) is 1.15. The van der Waals surface area contributed by atoms with E-state index < -0.39 is 16.1 Å². The van der Waals surface area contributed by atoms with Gasteiger partial charge in [0.25, 0.3) is 0 Å². The highest BCUT2D eigenvalue weighted by molar-refractivity contribution is 7.89. The number of hydrogen-bond acceptors (Lipinski definition) is 6. The first-order valence-electron chi connectivity index (χ1n) is 6.88. The maximum atomic E-state index is 12.8. The van der Waals surface area contributed by atoms with E-state index in [1.165, 1.54) is 11.3 Å². The molecule has 120 valence electrons. The summed E-state index contributed by atoms with van der Waals surface area (Å²) in [5.74, 6) is 0.265. The van der Waals surface area contributed by atoms with Crippen LogP contribution in [0.4, 0.5) is 0 Å². The summed E-state index contributed by atoms with van der Waals surface area (Å²) in [4.78, 5) is 4.33. The van der Waals surface area contributed by atoms with E-state index in [1.807, 2.05) is 35.7 Å². The molecule has 0 fully saturated rings. The van der Waals surface area contributed by atoms with Crippen molar-refractivity contribution in [2.45, 2.75) is 24.8 Å². The second-order valence-electron chi connectivity index (χ2n) is 4.99. The number of aryl methyl sites for hydroxylation is 2. The minimum absolute atomic E-state index is 0.0787. The molecule has 8 heteroatoms. The number of benzene rings is 1. The van der Waals surface area contributed by atoms with Crippen LogP contribution in [0.15, 0.2) is 51.3 Å². The van der Waals surface area contributed by atoms with Crippen LogP contribution in [0, 0.1) is 13.8 Å². The maximum Gasteiger partial charge on any atom is 0.246 e. The van der Waals surface area contributed by atoms with Crippen molar-refractivity contribution in [2.75, 3.05) is 0 Å². The predicted octanol–water partition coefficient (Wildman–Crippen LogP) is 2.82. The lowest BCUT2D eigenvalue weighted by Gasteiger charge is -2.17. The average Bonchev–Trinajstić information content (AvgIpc) is 3.16. The van der Waals surface area contributed by atoms with E-state index in [1.54, 1.807) is 20.0 Å². The Hall–Kier alpha value is -2.03. The van der Waals surface area contributed by atoms with Crippen LogP contribution in [0.3, 0.4) is 0 Å². The van der Waals surface area contributed by atoms with Gasteiger partial charge < -0.3 is 4.52 Å². The first-order chi connectivity index (χ1) is 11.0. The SMILES string of the molecule is Cc1noc(C)c1S(=O)(=O)NC(c1ccccc1)c1nccs1. The molecule has 1 atom stereocenters. The Kier molecular flexibility index (Phi) is 4.29. The second-order valence-corrected chi connectivity index (χ2v) is 7.57. The molecule has 3 rings (SSSR count). The zero-order chi connectivity index (χ0) is 16.4. The molecule has 23 heavy (non-hydrogen) atoms. The third kappa shape index (κ3) is 3.19. The summed E-state index contributed by atoms with van der Waals surface area (Å²) in [6.45, 7) is 3.18. The van der Waals surface area contributed by atoms with E-state index in [0.717, 1.165) is 5.56 Å². The Morgan fingerprint density at radius 3 is 2.52 bits per heavy atom. The third-order valence-corrected chi connectivity index (χ3v) is 5.85. The lowest BCUT2D eigenvalue weighted by molar-refractivity contribution is 0.390. The van der Waals surface area contributed by atoms with Gasteiger partial charge in [-0.05, 0) is 19.4 Å². The van der Waals surface area contributed by atoms with Crippen LogP contribution in [0.1, 0.15) is 28.1 Å². The lowest BCUT2D eigenvalue weighted by Crippen LogP contribution is -2.30. The first kappa shape index (κ1) is 15.9. The zero-order valence-electron chi connectivity index (χ0n) is 12.6. The molecule has 0 radical (unpaired) electrons. The monoisotopic (exact) mass is 349 g/mol. The summed E-state index contributed by atoms with van der Waals surface area (Å²) < 4.78 is 33.3. The van der Waals surface area contributed by atoms with E-state index >= 15 is 0 Å². The summed E-state index contributed by atoms with van der Waals surface area (Å²) >= 11 is 1.40. The molecule has 0 aliphatic carbocycles. The highest BCUT2D eigenvalue weighted by Crippen LogP contribution is 2.27. The fourth-order valence-corrected chi connectivity index (χ4v) is 4.66. The predicted molar refractivity (Wildman–Crippen MR) is 86.7 cm³/mol. The van der Waals surface area contributed by atoms with Gasteiger partial charge in [-0.25, -0.2) is 13.4 Å². The van der Waals surface area contributed by atoms with Gasteiger partial charge in [-0.2, -0.15) is 4.72 Å². The van der Waals surface area contributed by atoms with Crippen LogP contribution in [-0.4, -0.2) is 18.6 Å². The summed E-state index contributed by atoms with van der Waals surface area (Å²) in [5, 5.41) is 6.21. The quantitative estimate of drug-likeness (QED) is 0.765. The van der Waals surface area contributed by atoms with Gasteiger partial charge >= 0.3 is 0 Å². The van der Waals surface area contributed by atoms with Gasteiger partial charge in [0.05, 0.1) is 6.04 Å². The molecule has 0 aliphatic heterocycles. The van der Waals surface area contributed by atoms with Crippen LogP contribution in [0.5, 0.6) is 0 Å². The Labute approximate surface area is 138 Å². The molecule has 1 aromatic carbocycles. The first-order valence-corrected chi connectivity index (χ1v) is 9.25. The van der Waals surface area contributed by atoms with Crippen molar-refractivity contribution < 1.29 is 12.9 Å². The fourth-order valence-electron chi connectivity index (χ4n) is 2.36. The highest BCUT2D eigenvalue weighted by Gasteiger charge is 2.29. The summed E-state index contributed by atoms with van der Waals surface area (Å²) in [7, 11) is -3.79. The van der Waals surface area contributed by atoms with Crippen molar-refractivity contribution in [3.63, 3.8) is 0 Å². The van der Waals surface area contributed by atoms with Crippen LogP contribution in [0.2, 0.25) is 0 Å². The smallest absolute Gasteiger partial charge is 0.246 e. The Balaban J connectivity index is 2.03. The van der Waals surface area contributed by atoms with Crippen LogP contribution < -0.4 is 4.72 Å². The number of sulfonamides is 1. The van der Waals surface area contributed by atoms with Gasteiger partial charge in [0.15, 0.2) is 5.76 Å². The van der Waals surface area contributed by atoms with E-state index in [9.17, 15) is 8.42 Å². The number of hydrogen-bond donors (Lipinski definition) is 1. The average molecular weight is 349 g/mol. The third-order valence-electron chi connectivity index (χ3n) is 3.34. The number of aromatic nitrogens is 2. The van der Waals surface area contributed by atoms with Gasteiger partial charge in [-0.3, -0.25) is 0 Å². The maximum absolute atomic E-state index is 12.8. The van der Waals surface area contributed by atoms with Crippen molar-refractivity contribution in [3.8, 4) is 0 Å². The topological polar surface area (TPSA) is 85.1 Å². The molecule has 0 aliphatic rings. The van der Waals surface area contributed by atoms with Crippen molar-refractivity contribution in [1.29, 1.82) is 0 Å². The van der Waals surface area contributed by atoms with E-state index in [-0.39, 0.29) is 10.7 Å². The molecule has 2 aromatic heterocycles. The van der Waals surface area contributed by atoms with E-state index in [0.29, 0.717) is 10.7 Å². The molecular weight excluding hydrogens is 334 g/mol. The Bertz CT molecular complexity index is 868. The van der Waals surface area contributed by atoms with E-state index in [4.69, 9.17) is 4.52 Å². The molecule has 0 saturated carbocycles. The minimum atomic E-state index is -3.79. The van der Waals surface area contributed by atoms with Crippen LogP contribution in [-0.2, 0) is 10.0 Å². The summed E-state index contributed by atoms with van der Waals surface area (Å²) in [6, 6.07) is 8.77. The van der Waals surface area contributed by atoms with Crippen molar-refractivity contribution in [1.82, 2.24) is 14.9 Å². The van der Waals surface area contributed by atoms with Crippen molar-refractivity contribution >= 4 is 21.4 Å². The molecular formula is C15H15N3O3S2. The molecule has 0 bridgehead atoms. The Morgan fingerprint density at radius 1 is 1.22 bits per heavy atom. The molecule has 0 saturated heterocycles. The standard InChI is InChI=1S/C15H15N3O3S2/c1-10-14(11(2)21-17-10)23(19,20)18-13(15-16-8-9-22-15)12-6-4-3-5-7-12/h3-9,13,18H,1-2H3. The van der Waals surface area contributed by atoms with Gasteiger partial charge in [0.2, 0.25) is 10.0 Å². The largest absolute Gasteiger partial charge is 0.360 e. The number of nitrogens with zero attached hydrogens (tertiary/aromatic N) is 2. The minimum Gasteiger partial charge on any atom is -0.360 e. The lowest BCUT2D eigenvalue weighted by atomic mass is 10.1.